The minimum absolute atomic E-state index is 0.158. The van der Waals surface area contributed by atoms with Crippen LogP contribution in [-0.2, 0) is 17.4 Å². The van der Waals surface area contributed by atoms with E-state index >= 15 is 0 Å². The Morgan fingerprint density at radius 2 is 1.71 bits per heavy atom. The van der Waals surface area contributed by atoms with Gasteiger partial charge >= 0.3 is 12.2 Å². The first-order valence-electron chi connectivity index (χ1n) is 10.3. The largest absolute Gasteiger partial charge is 0.418 e. The van der Waals surface area contributed by atoms with Gasteiger partial charge in [-0.1, -0.05) is 50.2 Å². The number of benzene rings is 2. The van der Waals surface area contributed by atoms with E-state index in [0.29, 0.717) is 0 Å². The molecule has 3 amide bonds. The number of nitrogens with one attached hydrogen (secondary N) is 3. The van der Waals surface area contributed by atoms with Gasteiger partial charge in [-0.15, -0.1) is 0 Å². The summed E-state index contributed by atoms with van der Waals surface area (Å²) in [5.74, 6) is -0.626. The first-order chi connectivity index (χ1) is 14.7. The van der Waals surface area contributed by atoms with Gasteiger partial charge in [-0.05, 0) is 48.4 Å². The van der Waals surface area contributed by atoms with Crippen molar-refractivity contribution in [3.8, 4) is 0 Å². The van der Waals surface area contributed by atoms with Gasteiger partial charge < -0.3 is 16.0 Å². The molecule has 1 aliphatic carbocycles. The fraction of sp³-hybridized carbons (Fsp3) is 0.391. The molecule has 8 heteroatoms. The topological polar surface area (TPSA) is 70.2 Å². The first kappa shape index (κ1) is 22.7. The van der Waals surface area contributed by atoms with Gasteiger partial charge in [0.05, 0.1) is 17.3 Å². The van der Waals surface area contributed by atoms with Crippen molar-refractivity contribution >= 4 is 17.6 Å². The van der Waals surface area contributed by atoms with E-state index in [4.69, 9.17) is 0 Å². The van der Waals surface area contributed by atoms with Crippen LogP contribution in [0.1, 0.15) is 49.4 Å². The lowest BCUT2D eigenvalue weighted by molar-refractivity contribution is -0.137. The normalized spacial score (nSPS) is 16.9. The molecular weight excluding hydrogens is 407 g/mol. The average Bonchev–Trinajstić information content (AvgIpc) is 2.71. The summed E-state index contributed by atoms with van der Waals surface area (Å²) in [4.78, 5) is 25.4. The molecular formula is C23H26F3N3O2. The van der Waals surface area contributed by atoms with E-state index in [9.17, 15) is 22.8 Å². The molecule has 0 saturated carbocycles. The SMILES string of the molecule is CC(C)C(NC(=O)Nc1ccccc1C(F)(F)F)C(=O)NC1CCCc2ccccc21. The molecule has 3 N–H and O–H groups in total. The molecule has 2 aromatic carbocycles. The molecule has 2 unspecified atom stereocenters. The zero-order valence-corrected chi connectivity index (χ0v) is 17.4. The van der Waals surface area contributed by atoms with E-state index in [2.05, 4.69) is 16.0 Å². The summed E-state index contributed by atoms with van der Waals surface area (Å²) >= 11 is 0. The fourth-order valence-corrected chi connectivity index (χ4v) is 3.84. The lowest BCUT2D eigenvalue weighted by Crippen LogP contribution is -2.51. The van der Waals surface area contributed by atoms with E-state index in [1.165, 1.54) is 23.8 Å². The standard InChI is InChI=1S/C23H26F3N3O2/c1-14(2)20(21(30)27-18-13-7-9-15-8-3-4-10-16(15)18)29-22(31)28-19-12-6-5-11-17(19)23(24,25)26/h3-6,8,10-12,14,18,20H,7,9,13H2,1-2H3,(H,27,30)(H2,28,29,31). The van der Waals surface area contributed by atoms with Crippen molar-refractivity contribution in [2.24, 2.45) is 5.92 Å². The number of rotatable bonds is 5. The molecule has 5 nitrogen and oxygen atoms in total. The van der Waals surface area contributed by atoms with Crippen LogP contribution in [0.5, 0.6) is 0 Å². The van der Waals surface area contributed by atoms with Crippen molar-refractivity contribution in [3.63, 3.8) is 0 Å². The van der Waals surface area contributed by atoms with Gasteiger partial charge in [-0.25, -0.2) is 4.79 Å². The molecule has 2 atom stereocenters. The van der Waals surface area contributed by atoms with Crippen molar-refractivity contribution in [2.45, 2.75) is 51.4 Å². The molecule has 1 aliphatic rings. The molecule has 0 heterocycles. The van der Waals surface area contributed by atoms with Gasteiger partial charge in [0.2, 0.25) is 5.91 Å². The molecule has 0 fully saturated rings. The Balaban J connectivity index is 1.69. The zero-order chi connectivity index (χ0) is 22.6. The monoisotopic (exact) mass is 433 g/mol. The number of alkyl halides is 3. The number of hydrogen-bond acceptors (Lipinski definition) is 2. The van der Waals surface area contributed by atoms with Gasteiger partial charge in [0, 0.05) is 0 Å². The summed E-state index contributed by atoms with van der Waals surface area (Å²) in [6.45, 7) is 3.53. The van der Waals surface area contributed by atoms with E-state index in [0.717, 1.165) is 30.9 Å². The Morgan fingerprint density at radius 3 is 2.42 bits per heavy atom. The Hall–Kier alpha value is -3.03. The lowest BCUT2D eigenvalue weighted by Gasteiger charge is -2.29. The van der Waals surface area contributed by atoms with Gasteiger partial charge in [0.1, 0.15) is 6.04 Å². The second kappa shape index (κ2) is 9.41. The predicted molar refractivity (Wildman–Crippen MR) is 112 cm³/mol. The number of halogens is 3. The third-order valence-corrected chi connectivity index (χ3v) is 5.40. The Bertz CT molecular complexity index is 944. The highest BCUT2D eigenvalue weighted by atomic mass is 19.4. The van der Waals surface area contributed by atoms with Crippen molar-refractivity contribution in [1.82, 2.24) is 10.6 Å². The van der Waals surface area contributed by atoms with Crippen LogP contribution >= 0.6 is 0 Å². The second-order valence-electron chi connectivity index (χ2n) is 8.02. The van der Waals surface area contributed by atoms with E-state index in [1.807, 2.05) is 24.3 Å². The van der Waals surface area contributed by atoms with Gasteiger partial charge in [0.25, 0.3) is 0 Å². The van der Waals surface area contributed by atoms with Crippen LogP contribution in [0.3, 0.4) is 0 Å². The first-order valence-corrected chi connectivity index (χ1v) is 10.3. The maximum atomic E-state index is 13.2. The van der Waals surface area contributed by atoms with E-state index in [-0.39, 0.29) is 23.6 Å². The van der Waals surface area contributed by atoms with Gasteiger partial charge in [0.15, 0.2) is 0 Å². The third-order valence-electron chi connectivity index (χ3n) is 5.40. The van der Waals surface area contributed by atoms with E-state index < -0.39 is 23.8 Å². The van der Waals surface area contributed by atoms with Gasteiger partial charge in [-0.3, -0.25) is 4.79 Å². The van der Waals surface area contributed by atoms with Crippen LogP contribution < -0.4 is 16.0 Å². The molecule has 31 heavy (non-hydrogen) atoms. The maximum Gasteiger partial charge on any atom is 0.418 e. The van der Waals surface area contributed by atoms with Crippen molar-refractivity contribution in [1.29, 1.82) is 0 Å². The number of urea groups is 1. The second-order valence-corrected chi connectivity index (χ2v) is 8.02. The van der Waals surface area contributed by atoms with Crippen LogP contribution in [0.25, 0.3) is 0 Å². The number of carbonyl (C=O) groups excluding carboxylic acids is 2. The van der Waals surface area contributed by atoms with Gasteiger partial charge in [-0.2, -0.15) is 13.2 Å². The third kappa shape index (κ3) is 5.57. The molecule has 0 aromatic heterocycles. The molecule has 166 valence electrons. The smallest absolute Gasteiger partial charge is 0.347 e. The average molecular weight is 433 g/mol. The lowest BCUT2D eigenvalue weighted by atomic mass is 9.87. The minimum atomic E-state index is -4.60. The number of hydrogen-bond donors (Lipinski definition) is 3. The summed E-state index contributed by atoms with van der Waals surface area (Å²) in [5, 5.41) is 7.75. The highest BCUT2D eigenvalue weighted by Gasteiger charge is 2.34. The van der Waals surface area contributed by atoms with Crippen LogP contribution in [-0.4, -0.2) is 18.0 Å². The quantitative estimate of drug-likeness (QED) is 0.618. The Morgan fingerprint density at radius 1 is 1.03 bits per heavy atom. The van der Waals surface area contributed by atoms with Crippen molar-refractivity contribution in [2.75, 3.05) is 5.32 Å². The maximum absolute atomic E-state index is 13.2. The number of anilines is 1. The van der Waals surface area contributed by atoms with Crippen LogP contribution in [0.15, 0.2) is 48.5 Å². The number of para-hydroxylation sites is 1. The minimum Gasteiger partial charge on any atom is -0.347 e. The van der Waals surface area contributed by atoms with Crippen molar-refractivity contribution < 1.29 is 22.8 Å². The van der Waals surface area contributed by atoms with Crippen LogP contribution in [0.2, 0.25) is 0 Å². The predicted octanol–water partition coefficient (Wildman–Crippen LogP) is 5.05. The van der Waals surface area contributed by atoms with Crippen LogP contribution in [0, 0.1) is 5.92 Å². The summed E-state index contributed by atoms with van der Waals surface area (Å²) in [7, 11) is 0. The molecule has 0 spiro atoms. The number of carbonyl (C=O) groups is 2. The van der Waals surface area contributed by atoms with Crippen molar-refractivity contribution in [3.05, 3.63) is 65.2 Å². The van der Waals surface area contributed by atoms with E-state index in [1.54, 1.807) is 13.8 Å². The summed E-state index contributed by atoms with van der Waals surface area (Å²) < 4.78 is 39.5. The molecule has 3 rings (SSSR count). The summed E-state index contributed by atoms with van der Waals surface area (Å²) in [6, 6.07) is 10.7. The highest BCUT2D eigenvalue weighted by molar-refractivity contribution is 5.94. The number of aryl methyl sites for hydroxylation is 1. The Labute approximate surface area is 179 Å². The van der Waals surface area contributed by atoms with Crippen LogP contribution in [0.4, 0.5) is 23.7 Å². The number of amides is 3. The zero-order valence-electron chi connectivity index (χ0n) is 17.4. The fourth-order valence-electron chi connectivity index (χ4n) is 3.84. The molecule has 0 aliphatic heterocycles. The molecule has 2 aromatic rings. The number of fused-ring (bicyclic) bond motifs is 1. The molecule has 0 bridgehead atoms. The Kier molecular flexibility index (Phi) is 6.87. The summed E-state index contributed by atoms with van der Waals surface area (Å²) in [6.07, 6.45) is -1.92. The molecule has 0 radical (unpaired) electrons. The summed E-state index contributed by atoms with van der Waals surface area (Å²) in [5.41, 5.74) is 0.939. The highest BCUT2D eigenvalue weighted by Crippen LogP contribution is 2.34. The molecule has 0 saturated heterocycles.